The van der Waals surface area contributed by atoms with E-state index in [0.717, 1.165) is 0 Å². The highest BCUT2D eigenvalue weighted by atomic mass is 19.3. The third-order valence-corrected chi connectivity index (χ3v) is 2.58. The number of hydrogen-bond acceptors (Lipinski definition) is 0. The van der Waals surface area contributed by atoms with Crippen molar-refractivity contribution < 1.29 is 17.6 Å². The summed E-state index contributed by atoms with van der Waals surface area (Å²) in [5.41, 5.74) is -0.219. The van der Waals surface area contributed by atoms with Gasteiger partial charge >= 0.3 is 0 Å². The molecule has 0 unspecified atom stereocenters. The van der Waals surface area contributed by atoms with E-state index in [-0.39, 0.29) is 17.5 Å². The topological polar surface area (TPSA) is 0 Å². The molecule has 0 atom stereocenters. The van der Waals surface area contributed by atoms with Crippen LogP contribution in [0.15, 0.2) is 48.8 Å². The summed E-state index contributed by atoms with van der Waals surface area (Å²) in [7, 11) is 0. The smallest absolute Gasteiger partial charge is 0.212 e. The van der Waals surface area contributed by atoms with E-state index in [2.05, 4.69) is 0 Å². The predicted octanol–water partition coefficient (Wildman–Crippen LogP) is 5.31. The van der Waals surface area contributed by atoms with E-state index in [0.29, 0.717) is 16.8 Å². The maximum absolute atomic E-state index is 13.3. The SMILES string of the molecule is FC=C(F)c1ccc2ccccc2c1C=C(F)F. The maximum Gasteiger partial charge on any atom is 0.270 e. The molecular weight excluding hydrogens is 244 g/mol. The first-order valence-electron chi connectivity index (χ1n) is 5.14. The van der Waals surface area contributed by atoms with E-state index >= 15 is 0 Å². The molecule has 0 aliphatic heterocycles. The molecule has 2 aromatic carbocycles. The highest BCUT2D eigenvalue weighted by molar-refractivity contribution is 5.95. The van der Waals surface area contributed by atoms with Gasteiger partial charge in [0.2, 0.25) is 0 Å². The molecule has 0 aliphatic carbocycles. The third kappa shape index (κ3) is 2.27. The Kier molecular flexibility index (Phi) is 3.46. The molecule has 4 heteroatoms. The fourth-order valence-corrected chi connectivity index (χ4v) is 1.83. The molecule has 0 saturated carbocycles. The van der Waals surface area contributed by atoms with Crippen LogP contribution in [0.25, 0.3) is 22.7 Å². The lowest BCUT2D eigenvalue weighted by Gasteiger charge is -2.07. The standard InChI is InChI=1S/C14H8F4/c15-8-13(16)11-6-5-9-3-1-2-4-10(9)12(11)7-14(17)18/h1-8H. The second kappa shape index (κ2) is 5.04. The zero-order valence-electron chi connectivity index (χ0n) is 9.13. The average Bonchev–Trinajstić information content (AvgIpc) is 2.37. The highest BCUT2D eigenvalue weighted by Gasteiger charge is 2.11. The van der Waals surface area contributed by atoms with Crippen molar-refractivity contribution in [2.45, 2.75) is 0 Å². The summed E-state index contributed by atoms with van der Waals surface area (Å²) in [4.78, 5) is 0. The second-order valence-electron chi connectivity index (χ2n) is 3.64. The van der Waals surface area contributed by atoms with E-state index in [4.69, 9.17) is 0 Å². The van der Waals surface area contributed by atoms with Crippen LogP contribution in [0, 0.1) is 0 Å². The molecule has 2 aromatic rings. The largest absolute Gasteiger partial charge is 0.270 e. The van der Waals surface area contributed by atoms with Crippen molar-refractivity contribution in [3.8, 4) is 0 Å². The first kappa shape index (κ1) is 12.4. The molecule has 0 N–H and O–H groups in total. The highest BCUT2D eigenvalue weighted by Crippen LogP contribution is 2.30. The molecule has 0 spiro atoms. The summed E-state index contributed by atoms with van der Waals surface area (Å²) in [6.07, 6.45) is -1.66. The first-order chi connectivity index (χ1) is 8.63. The number of hydrogen-bond donors (Lipinski definition) is 0. The van der Waals surface area contributed by atoms with Crippen molar-refractivity contribution >= 4 is 22.7 Å². The van der Waals surface area contributed by atoms with Gasteiger partial charge < -0.3 is 0 Å². The average molecular weight is 252 g/mol. The van der Waals surface area contributed by atoms with Crippen LogP contribution in [-0.4, -0.2) is 0 Å². The van der Waals surface area contributed by atoms with Crippen molar-refractivity contribution in [2.24, 2.45) is 0 Å². The molecule has 2 rings (SSSR count). The number of halogens is 4. The van der Waals surface area contributed by atoms with Gasteiger partial charge in [-0.1, -0.05) is 36.4 Å². The van der Waals surface area contributed by atoms with E-state index in [1.54, 1.807) is 30.3 Å². The Hall–Kier alpha value is -2.10. The summed E-state index contributed by atoms with van der Waals surface area (Å²) in [5, 5.41) is 1.13. The van der Waals surface area contributed by atoms with Gasteiger partial charge in [0, 0.05) is 11.6 Å². The van der Waals surface area contributed by atoms with Gasteiger partial charge in [-0.25, -0.2) is 8.78 Å². The molecule has 0 heterocycles. The number of benzene rings is 2. The summed E-state index contributed by atoms with van der Waals surface area (Å²) >= 11 is 0. The Morgan fingerprint density at radius 3 is 2.33 bits per heavy atom. The molecule has 0 fully saturated rings. The Morgan fingerprint density at radius 1 is 0.944 bits per heavy atom. The molecule has 0 amide bonds. The van der Waals surface area contributed by atoms with Crippen molar-refractivity contribution in [2.75, 3.05) is 0 Å². The van der Waals surface area contributed by atoms with Gasteiger partial charge in [0.25, 0.3) is 6.08 Å². The van der Waals surface area contributed by atoms with Crippen LogP contribution in [-0.2, 0) is 0 Å². The van der Waals surface area contributed by atoms with E-state index < -0.39 is 11.9 Å². The van der Waals surface area contributed by atoms with Crippen molar-refractivity contribution in [3.63, 3.8) is 0 Å². The molecule has 0 bridgehead atoms. The van der Waals surface area contributed by atoms with Crippen molar-refractivity contribution in [1.82, 2.24) is 0 Å². The maximum atomic E-state index is 13.3. The molecule has 92 valence electrons. The minimum absolute atomic E-state index is 0.0282. The number of fused-ring (bicyclic) bond motifs is 1. The van der Waals surface area contributed by atoms with Gasteiger partial charge in [-0.05, 0) is 16.3 Å². The zero-order chi connectivity index (χ0) is 13.1. The van der Waals surface area contributed by atoms with Gasteiger partial charge in [-0.2, -0.15) is 8.78 Å². The predicted molar refractivity (Wildman–Crippen MR) is 64.3 cm³/mol. The van der Waals surface area contributed by atoms with E-state index in [9.17, 15) is 17.6 Å². The summed E-state index contributed by atoms with van der Waals surface area (Å²) < 4.78 is 50.4. The Balaban J connectivity index is 2.83. The van der Waals surface area contributed by atoms with Crippen molar-refractivity contribution in [3.05, 3.63) is 59.9 Å². The first-order valence-corrected chi connectivity index (χ1v) is 5.14. The minimum atomic E-state index is -1.96. The monoisotopic (exact) mass is 252 g/mol. The zero-order valence-corrected chi connectivity index (χ0v) is 9.13. The van der Waals surface area contributed by atoms with Crippen LogP contribution in [0.2, 0.25) is 0 Å². The second-order valence-corrected chi connectivity index (χ2v) is 3.64. The van der Waals surface area contributed by atoms with Crippen LogP contribution in [0.3, 0.4) is 0 Å². The van der Waals surface area contributed by atoms with Gasteiger partial charge in [-0.3, -0.25) is 0 Å². The molecular formula is C14H8F4. The fraction of sp³-hybridized carbons (Fsp3) is 0. The molecule has 0 saturated heterocycles. The molecule has 0 radical (unpaired) electrons. The fourth-order valence-electron chi connectivity index (χ4n) is 1.83. The van der Waals surface area contributed by atoms with Gasteiger partial charge in [0.1, 0.15) is 6.33 Å². The summed E-state index contributed by atoms with van der Waals surface area (Å²) in [6, 6.07) is 9.52. The minimum Gasteiger partial charge on any atom is -0.212 e. The normalized spacial score (nSPS) is 11.7. The van der Waals surface area contributed by atoms with E-state index in [1.807, 2.05) is 0 Å². The quantitative estimate of drug-likeness (QED) is 0.635. The Morgan fingerprint density at radius 2 is 1.67 bits per heavy atom. The Labute approximate surface area is 101 Å². The summed E-state index contributed by atoms with van der Waals surface area (Å²) in [6.45, 7) is 0. The Bertz CT molecular complexity index is 637. The van der Waals surface area contributed by atoms with E-state index in [1.165, 1.54) is 6.07 Å². The lowest BCUT2D eigenvalue weighted by molar-refractivity contribution is 0.429. The van der Waals surface area contributed by atoms with Crippen LogP contribution in [0.4, 0.5) is 17.6 Å². The molecule has 0 aliphatic rings. The molecule has 0 nitrogen and oxygen atoms in total. The van der Waals surface area contributed by atoms with Gasteiger partial charge in [-0.15, -0.1) is 0 Å². The molecule has 18 heavy (non-hydrogen) atoms. The van der Waals surface area contributed by atoms with Gasteiger partial charge in [0.15, 0.2) is 5.83 Å². The number of rotatable bonds is 2. The van der Waals surface area contributed by atoms with Crippen LogP contribution < -0.4 is 0 Å². The lowest BCUT2D eigenvalue weighted by atomic mass is 9.98. The molecule has 0 aromatic heterocycles. The van der Waals surface area contributed by atoms with Crippen molar-refractivity contribution in [1.29, 1.82) is 0 Å². The van der Waals surface area contributed by atoms with Crippen LogP contribution >= 0.6 is 0 Å². The lowest BCUT2D eigenvalue weighted by Crippen LogP contribution is -1.87. The van der Waals surface area contributed by atoms with Crippen LogP contribution in [0.5, 0.6) is 0 Å². The summed E-state index contributed by atoms with van der Waals surface area (Å²) in [5.74, 6) is -1.17. The van der Waals surface area contributed by atoms with Crippen LogP contribution in [0.1, 0.15) is 11.1 Å². The third-order valence-electron chi connectivity index (χ3n) is 2.58. The van der Waals surface area contributed by atoms with Gasteiger partial charge in [0.05, 0.1) is 0 Å².